The number of carbonyl (C=O) groups is 2. The molecule has 0 saturated carbocycles. The van der Waals surface area contributed by atoms with Crippen LogP contribution in [-0.2, 0) is 4.79 Å². The van der Waals surface area contributed by atoms with Gasteiger partial charge in [0.2, 0.25) is 0 Å². The summed E-state index contributed by atoms with van der Waals surface area (Å²) in [6.45, 7) is -0.285. The Labute approximate surface area is 93.3 Å². The molecule has 0 aliphatic heterocycles. The number of aliphatic carboxylic acids is 1. The first-order valence-electron chi connectivity index (χ1n) is 3.72. The first-order chi connectivity index (χ1) is 6.50. The monoisotopic (exact) mass is 277 g/mol. The summed E-state index contributed by atoms with van der Waals surface area (Å²) in [6, 6.07) is 1.67. The third kappa shape index (κ3) is 2.81. The van der Waals surface area contributed by atoms with Crippen molar-refractivity contribution >= 4 is 39.1 Å². The number of carbonyl (C=O) groups excluding carboxylic acids is 1. The number of halogens is 1. The molecule has 0 fully saturated rings. The minimum atomic E-state index is -1.02. The van der Waals surface area contributed by atoms with Gasteiger partial charge in [0.1, 0.15) is 6.54 Å². The Hall–Kier alpha value is -0.880. The lowest BCUT2D eigenvalue weighted by atomic mass is 10.3. The molecule has 1 rings (SSSR count). The van der Waals surface area contributed by atoms with Gasteiger partial charge in [0, 0.05) is 12.4 Å². The molecule has 1 aromatic rings. The molecule has 0 saturated heterocycles. The number of carboxylic acid groups (broad SMARTS) is 1. The summed E-state index contributed by atoms with van der Waals surface area (Å²) < 4.78 is 0.851. The van der Waals surface area contributed by atoms with Crippen LogP contribution in [0.2, 0.25) is 0 Å². The van der Waals surface area contributed by atoms with E-state index in [1.54, 1.807) is 11.4 Å². The van der Waals surface area contributed by atoms with Gasteiger partial charge in [0.15, 0.2) is 0 Å². The fourth-order valence-corrected chi connectivity index (χ4v) is 2.05. The highest BCUT2D eigenvalue weighted by Gasteiger charge is 2.15. The van der Waals surface area contributed by atoms with E-state index in [0.29, 0.717) is 5.56 Å². The zero-order chi connectivity index (χ0) is 10.7. The predicted molar refractivity (Wildman–Crippen MR) is 56.6 cm³/mol. The summed E-state index contributed by atoms with van der Waals surface area (Å²) in [7, 11) is 1.46. The molecule has 0 aliphatic rings. The van der Waals surface area contributed by atoms with Crippen LogP contribution in [0.5, 0.6) is 0 Å². The lowest BCUT2D eigenvalue weighted by molar-refractivity contribution is -0.137. The van der Waals surface area contributed by atoms with Gasteiger partial charge in [-0.15, -0.1) is 11.3 Å². The van der Waals surface area contributed by atoms with E-state index >= 15 is 0 Å². The van der Waals surface area contributed by atoms with Crippen LogP contribution in [0.4, 0.5) is 0 Å². The van der Waals surface area contributed by atoms with E-state index in [1.165, 1.54) is 18.4 Å². The summed E-state index contributed by atoms with van der Waals surface area (Å²) >= 11 is 4.62. The van der Waals surface area contributed by atoms with Crippen LogP contribution < -0.4 is 0 Å². The minimum Gasteiger partial charge on any atom is -0.480 e. The molecule has 0 atom stereocenters. The second-order valence-corrected chi connectivity index (χ2v) is 4.98. The molecule has 0 spiro atoms. The van der Waals surface area contributed by atoms with Gasteiger partial charge in [-0.25, -0.2) is 0 Å². The third-order valence-corrected chi connectivity index (χ3v) is 3.04. The third-order valence-electron chi connectivity index (χ3n) is 1.53. The van der Waals surface area contributed by atoms with Gasteiger partial charge in [0.05, 0.1) is 9.35 Å². The SMILES string of the molecule is CN(CC(=O)O)C(=O)c1csc(Br)c1. The second-order valence-electron chi connectivity index (χ2n) is 2.69. The molecule has 1 aromatic heterocycles. The molecule has 1 amide bonds. The number of nitrogens with zero attached hydrogens (tertiary/aromatic N) is 1. The van der Waals surface area contributed by atoms with Crippen molar-refractivity contribution in [3.63, 3.8) is 0 Å². The normalized spacial score (nSPS) is 9.86. The van der Waals surface area contributed by atoms with Crippen molar-refractivity contribution in [2.75, 3.05) is 13.6 Å². The lowest BCUT2D eigenvalue weighted by Gasteiger charge is -2.12. The van der Waals surface area contributed by atoms with Crippen molar-refractivity contribution in [1.29, 1.82) is 0 Å². The van der Waals surface area contributed by atoms with Crippen molar-refractivity contribution in [2.24, 2.45) is 0 Å². The Balaban J connectivity index is 2.70. The zero-order valence-electron chi connectivity index (χ0n) is 7.36. The van der Waals surface area contributed by atoms with Crippen molar-refractivity contribution in [3.05, 3.63) is 20.8 Å². The number of carboxylic acids is 1. The van der Waals surface area contributed by atoms with Crippen LogP contribution in [-0.4, -0.2) is 35.5 Å². The quantitative estimate of drug-likeness (QED) is 0.915. The largest absolute Gasteiger partial charge is 0.480 e. The van der Waals surface area contributed by atoms with E-state index in [-0.39, 0.29) is 12.5 Å². The number of hydrogen-bond donors (Lipinski definition) is 1. The Morgan fingerprint density at radius 2 is 2.29 bits per heavy atom. The summed E-state index contributed by atoms with van der Waals surface area (Å²) in [6.07, 6.45) is 0. The van der Waals surface area contributed by atoms with Gasteiger partial charge in [-0.1, -0.05) is 0 Å². The predicted octanol–water partition coefficient (Wildman–Crippen LogP) is 1.67. The molecule has 0 aromatic carbocycles. The van der Waals surface area contributed by atoms with E-state index in [0.717, 1.165) is 8.69 Å². The van der Waals surface area contributed by atoms with E-state index in [4.69, 9.17) is 5.11 Å². The molecule has 1 heterocycles. The van der Waals surface area contributed by atoms with Gasteiger partial charge in [0.25, 0.3) is 5.91 Å². The maximum Gasteiger partial charge on any atom is 0.323 e. The zero-order valence-corrected chi connectivity index (χ0v) is 9.76. The van der Waals surface area contributed by atoms with Crippen molar-refractivity contribution < 1.29 is 14.7 Å². The molecule has 6 heteroatoms. The van der Waals surface area contributed by atoms with Crippen LogP contribution in [0.15, 0.2) is 15.2 Å². The summed E-state index contributed by atoms with van der Waals surface area (Å²) in [5.74, 6) is -1.30. The molecule has 76 valence electrons. The fourth-order valence-electron chi connectivity index (χ4n) is 0.917. The molecule has 0 bridgehead atoms. The fraction of sp³-hybridized carbons (Fsp3) is 0.250. The summed E-state index contributed by atoms with van der Waals surface area (Å²) in [4.78, 5) is 23.1. The first-order valence-corrected chi connectivity index (χ1v) is 5.39. The number of amides is 1. The highest BCUT2D eigenvalue weighted by atomic mass is 79.9. The van der Waals surface area contributed by atoms with Gasteiger partial charge < -0.3 is 10.0 Å². The minimum absolute atomic E-state index is 0.283. The summed E-state index contributed by atoms with van der Waals surface area (Å²) in [5.41, 5.74) is 0.505. The summed E-state index contributed by atoms with van der Waals surface area (Å²) in [5, 5.41) is 10.2. The van der Waals surface area contributed by atoms with E-state index in [1.807, 2.05) is 0 Å². The Bertz CT molecular complexity index is 363. The van der Waals surface area contributed by atoms with E-state index < -0.39 is 5.97 Å². The standard InChI is InChI=1S/C8H8BrNO3S/c1-10(3-7(11)12)8(13)5-2-6(9)14-4-5/h2,4H,3H2,1H3,(H,11,12). The van der Waals surface area contributed by atoms with Crippen LogP contribution in [0.25, 0.3) is 0 Å². The average molecular weight is 278 g/mol. The van der Waals surface area contributed by atoms with Crippen molar-refractivity contribution in [1.82, 2.24) is 4.90 Å². The van der Waals surface area contributed by atoms with Crippen molar-refractivity contribution in [3.8, 4) is 0 Å². The van der Waals surface area contributed by atoms with Crippen LogP contribution in [0.1, 0.15) is 10.4 Å². The van der Waals surface area contributed by atoms with Gasteiger partial charge in [-0.3, -0.25) is 9.59 Å². The van der Waals surface area contributed by atoms with E-state index in [9.17, 15) is 9.59 Å². The lowest BCUT2D eigenvalue weighted by Crippen LogP contribution is -2.31. The number of likely N-dealkylation sites (N-methyl/N-ethyl adjacent to an activating group) is 1. The molecular formula is C8H8BrNO3S. The topological polar surface area (TPSA) is 57.6 Å². The second kappa shape index (κ2) is 4.56. The molecule has 0 unspecified atom stereocenters. The molecule has 0 radical (unpaired) electrons. The molecule has 14 heavy (non-hydrogen) atoms. The number of rotatable bonds is 3. The Morgan fingerprint density at radius 1 is 1.64 bits per heavy atom. The van der Waals surface area contributed by atoms with Gasteiger partial charge in [-0.2, -0.15) is 0 Å². The van der Waals surface area contributed by atoms with Crippen LogP contribution in [0, 0.1) is 0 Å². The highest BCUT2D eigenvalue weighted by Crippen LogP contribution is 2.21. The molecular weight excluding hydrogens is 270 g/mol. The van der Waals surface area contributed by atoms with Gasteiger partial charge >= 0.3 is 5.97 Å². The maximum absolute atomic E-state index is 11.5. The number of hydrogen-bond acceptors (Lipinski definition) is 3. The Morgan fingerprint density at radius 3 is 2.71 bits per heavy atom. The maximum atomic E-state index is 11.5. The highest BCUT2D eigenvalue weighted by molar-refractivity contribution is 9.11. The van der Waals surface area contributed by atoms with Gasteiger partial charge in [-0.05, 0) is 22.0 Å². The van der Waals surface area contributed by atoms with Crippen LogP contribution in [0.3, 0.4) is 0 Å². The Kier molecular flexibility index (Phi) is 3.65. The number of thiophene rings is 1. The van der Waals surface area contributed by atoms with Crippen molar-refractivity contribution in [2.45, 2.75) is 0 Å². The smallest absolute Gasteiger partial charge is 0.323 e. The molecule has 0 aliphatic carbocycles. The first kappa shape index (κ1) is 11.2. The molecule has 4 nitrogen and oxygen atoms in total. The van der Waals surface area contributed by atoms with Crippen LogP contribution >= 0.6 is 27.3 Å². The average Bonchev–Trinajstić information content (AvgIpc) is 2.49. The van der Waals surface area contributed by atoms with E-state index in [2.05, 4.69) is 15.9 Å². The molecule has 1 N–H and O–H groups in total.